The standard InChI is InChI=1S/C25H16Cl2FN3O6/c1-37-19-11-17(15(26)10-14(19)25(35)36)30-22(32)12-6-8-13(9-7-12)29-21-20(27)23(33)31(24(21)34)18-5-3-2-4-16(18)28/h2-11,29H,1H3,(H,30,32)(H,35,36)/p-1. The van der Waals surface area contributed by atoms with Crippen molar-refractivity contribution in [3.8, 4) is 5.75 Å². The summed E-state index contributed by atoms with van der Waals surface area (Å²) in [6.45, 7) is 0. The molecule has 1 heterocycles. The van der Waals surface area contributed by atoms with Gasteiger partial charge in [-0.3, -0.25) is 14.4 Å². The summed E-state index contributed by atoms with van der Waals surface area (Å²) in [5.74, 6) is -4.61. The van der Waals surface area contributed by atoms with Gasteiger partial charge in [-0.15, -0.1) is 0 Å². The Bertz CT molecular complexity index is 1490. The van der Waals surface area contributed by atoms with E-state index in [1.165, 1.54) is 55.6 Å². The molecule has 0 spiro atoms. The van der Waals surface area contributed by atoms with E-state index in [0.29, 0.717) is 10.6 Å². The second-order valence-corrected chi connectivity index (χ2v) is 8.35. The third-order valence-electron chi connectivity index (χ3n) is 5.29. The van der Waals surface area contributed by atoms with Gasteiger partial charge in [0.2, 0.25) is 0 Å². The zero-order valence-corrected chi connectivity index (χ0v) is 20.3. The van der Waals surface area contributed by atoms with Crippen molar-refractivity contribution in [2.45, 2.75) is 0 Å². The highest BCUT2D eigenvalue weighted by Crippen LogP contribution is 2.33. The number of carbonyl (C=O) groups is 4. The lowest BCUT2D eigenvalue weighted by Crippen LogP contribution is -2.33. The van der Waals surface area contributed by atoms with Gasteiger partial charge in [-0.2, -0.15) is 0 Å². The second kappa shape index (κ2) is 10.3. The highest BCUT2D eigenvalue weighted by molar-refractivity contribution is 6.53. The molecule has 12 heteroatoms. The summed E-state index contributed by atoms with van der Waals surface area (Å²) in [6.07, 6.45) is 0. The number of benzene rings is 3. The molecule has 1 aliphatic rings. The monoisotopic (exact) mass is 542 g/mol. The number of nitrogens with one attached hydrogen (secondary N) is 2. The first-order chi connectivity index (χ1) is 17.6. The van der Waals surface area contributed by atoms with E-state index in [2.05, 4.69) is 10.6 Å². The minimum atomic E-state index is -1.49. The fourth-order valence-electron chi connectivity index (χ4n) is 3.48. The molecule has 3 aromatic rings. The number of hydrogen-bond acceptors (Lipinski definition) is 7. The van der Waals surface area contributed by atoms with Gasteiger partial charge in [-0.1, -0.05) is 35.3 Å². The van der Waals surface area contributed by atoms with Gasteiger partial charge in [0.05, 0.1) is 29.5 Å². The second-order valence-electron chi connectivity index (χ2n) is 7.56. The average molecular weight is 543 g/mol. The summed E-state index contributed by atoms with van der Waals surface area (Å²) in [7, 11) is 1.26. The van der Waals surface area contributed by atoms with Gasteiger partial charge >= 0.3 is 0 Å². The predicted octanol–water partition coefficient (Wildman–Crippen LogP) is 3.54. The van der Waals surface area contributed by atoms with Crippen molar-refractivity contribution >= 4 is 64.0 Å². The number of anilines is 3. The molecule has 4 rings (SSSR count). The average Bonchev–Trinajstić information content (AvgIpc) is 3.08. The Kier molecular flexibility index (Phi) is 7.14. The van der Waals surface area contributed by atoms with Gasteiger partial charge in [-0.25, -0.2) is 9.29 Å². The Balaban J connectivity index is 1.50. The van der Waals surface area contributed by atoms with Crippen LogP contribution in [-0.4, -0.2) is 30.8 Å². The van der Waals surface area contributed by atoms with Crippen LogP contribution >= 0.6 is 23.2 Å². The molecule has 0 aliphatic carbocycles. The number of amides is 3. The van der Waals surface area contributed by atoms with E-state index in [9.17, 15) is 28.7 Å². The van der Waals surface area contributed by atoms with E-state index in [0.717, 1.165) is 12.1 Å². The molecular formula is C25H15Cl2FN3O6-. The Morgan fingerprint density at radius 2 is 1.68 bits per heavy atom. The fourth-order valence-corrected chi connectivity index (χ4v) is 3.91. The number of aromatic carboxylic acids is 1. The molecule has 37 heavy (non-hydrogen) atoms. The molecule has 0 radical (unpaired) electrons. The van der Waals surface area contributed by atoms with Crippen LogP contribution in [-0.2, 0) is 9.59 Å². The normalized spacial score (nSPS) is 13.1. The topological polar surface area (TPSA) is 128 Å². The van der Waals surface area contributed by atoms with E-state index >= 15 is 0 Å². The quantitative estimate of drug-likeness (QED) is 0.437. The lowest BCUT2D eigenvalue weighted by atomic mass is 10.1. The summed E-state index contributed by atoms with van der Waals surface area (Å²) < 4.78 is 19.2. The van der Waals surface area contributed by atoms with E-state index < -0.39 is 34.5 Å². The van der Waals surface area contributed by atoms with Crippen LogP contribution in [0.25, 0.3) is 0 Å². The Morgan fingerprint density at radius 3 is 2.30 bits per heavy atom. The van der Waals surface area contributed by atoms with Crippen LogP contribution in [0.5, 0.6) is 5.75 Å². The highest BCUT2D eigenvalue weighted by Gasteiger charge is 2.40. The number of nitrogens with zero attached hydrogens (tertiary/aromatic N) is 1. The van der Waals surface area contributed by atoms with Crippen LogP contribution in [0.15, 0.2) is 71.4 Å². The van der Waals surface area contributed by atoms with Gasteiger partial charge in [0.15, 0.2) is 0 Å². The van der Waals surface area contributed by atoms with Crippen LogP contribution in [0.4, 0.5) is 21.5 Å². The predicted molar refractivity (Wildman–Crippen MR) is 132 cm³/mol. The maximum Gasteiger partial charge on any atom is 0.283 e. The number of ether oxygens (including phenoxy) is 1. The van der Waals surface area contributed by atoms with Crippen molar-refractivity contribution in [3.05, 3.63) is 93.4 Å². The third-order valence-corrected chi connectivity index (χ3v) is 5.96. The van der Waals surface area contributed by atoms with Crippen LogP contribution in [0.1, 0.15) is 20.7 Å². The molecule has 0 unspecified atom stereocenters. The van der Waals surface area contributed by atoms with E-state index in [1.807, 2.05) is 0 Å². The number of rotatable bonds is 7. The summed E-state index contributed by atoms with van der Waals surface area (Å²) in [5.41, 5.74) is -0.148. The maximum atomic E-state index is 14.2. The van der Waals surface area contributed by atoms with Gasteiger partial charge in [0, 0.05) is 22.9 Å². The fraction of sp³-hybridized carbons (Fsp3) is 0.0400. The van der Waals surface area contributed by atoms with Crippen molar-refractivity contribution in [2.75, 3.05) is 22.6 Å². The minimum absolute atomic E-state index is 0.0444. The first kappa shape index (κ1) is 25.7. The Hall–Kier alpha value is -4.41. The smallest absolute Gasteiger partial charge is 0.283 e. The number of halogens is 3. The number of hydrogen-bond donors (Lipinski definition) is 2. The summed E-state index contributed by atoms with van der Waals surface area (Å²) >= 11 is 12.2. The molecule has 0 fully saturated rings. The van der Waals surface area contributed by atoms with Crippen molar-refractivity contribution in [1.29, 1.82) is 0 Å². The Labute approximate surface area is 219 Å². The van der Waals surface area contributed by atoms with Crippen molar-refractivity contribution in [2.24, 2.45) is 0 Å². The molecule has 188 valence electrons. The Morgan fingerprint density at radius 1 is 1.00 bits per heavy atom. The summed E-state index contributed by atoms with van der Waals surface area (Å²) in [6, 6.07) is 13.4. The van der Waals surface area contributed by atoms with Crippen LogP contribution in [0.2, 0.25) is 5.02 Å². The molecule has 0 aromatic heterocycles. The molecule has 3 aromatic carbocycles. The number of carboxylic acids is 1. The number of para-hydroxylation sites is 1. The molecule has 0 atom stereocenters. The van der Waals surface area contributed by atoms with Gasteiger partial charge in [0.25, 0.3) is 17.7 Å². The summed E-state index contributed by atoms with van der Waals surface area (Å²) in [4.78, 5) is 49.8. The molecule has 0 saturated carbocycles. The zero-order valence-electron chi connectivity index (χ0n) is 18.8. The molecule has 0 saturated heterocycles. The largest absolute Gasteiger partial charge is 0.545 e. The lowest BCUT2D eigenvalue weighted by molar-refractivity contribution is -0.255. The number of methoxy groups -OCH3 is 1. The lowest BCUT2D eigenvalue weighted by Gasteiger charge is -2.16. The molecule has 9 nitrogen and oxygen atoms in total. The van der Waals surface area contributed by atoms with E-state index in [4.69, 9.17) is 27.9 Å². The van der Waals surface area contributed by atoms with Crippen LogP contribution < -0.4 is 25.4 Å². The molecule has 0 bridgehead atoms. The highest BCUT2D eigenvalue weighted by atomic mass is 35.5. The maximum absolute atomic E-state index is 14.2. The zero-order chi connectivity index (χ0) is 26.9. The van der Waals surface area contributed by atoms with Gasteiger partial charge < -0.3 is 25.3 Å². The number of carboxylic acid groups (broad SMARTS) is 1. The molecule has 3 amide bonds. The van der Waals surface area contributed by atoms with E-state index in [1.54, 1.807) is 0 Å². The van der Waals surface area contributed by atoms with Crippen molar-refractivity contribution in [1.82, 2.24) is 0 Å². The van der Waals surface area contributed by atoms with Crippen molar-refractivity contribution < 1.29 is 33.4 Å². The van der Waals surface area contributed by atoms with Gasteiger partial charge in [0.1, 0.15) is 22.3 Å². The number of carbonyl (C=O) groups excluding carboxylic acids is 4. The SMILES string of the molecule is COc1cc(NC(=O)c2ccc(NC3=C(Cl)C(=O)N(c4ccccc4F)C3=O)cc2)c(Cl)cc1C(=O)[O-]. The molecule has 2 N–H and O–H groups in total. The first-order valence-corrected chi connectivity index (χ1v) is 11.2. The number of imide groups is 1. The third kappa shape index (κ3) is 4.97. The van der Waals surface area contributed by atoms with Crippen LogP contribution in [0, 0.1) is 5.82 Å². The summed E-state index contributed by atoms with van der Waals surface area (Å²) in [5, 5.41) is 16.0. The molecule has 1 aliphatic heterocycles. The van der Waals surface area contributed by atoms with E-state index in [-0.39, 0.29) is 39.0 Å². The first-order valence-electron chi connectivity index (χ1n) is 10.4. The molecular weight excluding hydrogens is 528 g/mol. The minimum Gasteiger partial charge on any atom is -0.545 e. The van der Waals surface area contributed by atoms with Gasteiger partial charge in [-0.05, 0) is 42.5 Å². The van der Waals surface area contributed by atoms with Crippen molar-refractivity contribution in [3.63, 3.8) is 0 Å². The van der Waals surface area contributed by atoms with Crippen LogP contribution in [0.3, 0.4) is 0 Å².